The summed E-state index contributed by atoms with van der Waals surface area (Å²) in [6.45, 7) is 2.31. The third kappa shape index (κ3) is 1.61. The maximum atomic E-state index is 3.42. The van der Waals surface area contributed by atoms with Crippen LogP contribution in [-0.2, 0) is 12.8 Å². The highest BCUT2D eigenvalue weighted by Crippen LogP contribution is 2.27. The molecule has 0 fully saturated rings. The van der Waals surface area contributed by atoms with Crippen molar-refractivity contribution >= 4 is 0 Å². The molecule has 1 atom stereocenters. The van der Waals surface area contributed by atoms with Crippen molar-refractivity contribution in [3.63, 3.8) is 0 Å². The molecule has 1 N–H and O–H groups in total. The molecular weight excluding hydrogens is 158 g/mol. The Morgan fingerprint density at radius 1 is 1.23 bits per heavy atom. The van der Waals surface area contributed by atoms with Gasteiger partial charge in [-0.3, -0.25) is 0 Å². The highest BCUT2D eigenvalue weighted by atomic mass is 14.9. The lowest BCUT2D eigenvalue weighted by molar-refractivity contribution is 0.338. The Morgan fingerprint density at radius 3 is 2.62 bits per heavy atom. The molecule has 1 aromatic rings. The number of aryl methyl sites for hydroxylation is 1. The lowest BCUT2D eigenvalue weighted by atomic mass is 9.79. The van der Waals surface area contributed by atoms with Gasteiger partial charge in [-0.15, -0.1) is 0 Å². The molecule has 2 rings (SSSR count). The second kappa shape index (κ2) is 3.15. The van der Waals surface area contributed by atoms with Crippen LogP contribution >= 0.6 is 0 Å². The van der Waals surface area contributed by atoms with Crippen molar-refractivity contribution in [3.05, 3.63) is 35.4 Å². The van der Waals surface area contributed by atoms with Gasteiger partial charge in [-0.05, 0) is 44.4 Å². The zero-order chi connectivity index (χ0) is 9.31. The summed E-state index contributed by atoms with van der Waals surface area (Å²) in [5, 5.41) is 3.42. The quantitative estimate of drug-likeness (QED) is 0.689. The lowest BCUT2D eigenvalue weighted by Gasteiger charge is -2.34. The molecule has 1 heteroatoms. The van der Waals surface area contributed by atoms with Gasteiger partial charge in [-0.25, -0.2) is 0 Å². The molecule has 13 heavy (non-hydrogen) atoms. The van der Waals surface area contributed by atoms with E-state index >= 15 is 0 Å². The minimum absolute atomic E-state index is 0.314. The molecule has 0 saturated heterocycles. The predicted octanol–water partition coefficient (Wildman–Crippen LogP) is 2.15. The molecule has 0 saturated carbocycles. The molecule has 0 spiro atoms. The molecule has 1 aliphatic carbocycles. The van der Waals surface area contributed by atoms with Crippen LogP contribution in [0, 0.1) is 0 Å². The van der Waals surface area contributed by atoms with Gasteiger partial charge in [0.05, 0.1) is 0 Å². The molecule has 0 amide bonds. The molecule has 0 bridgehead atoms. The maximum absolute atomic E-state index is 3.42. The van der Waals surface area contributed by atoms with E-state index in [4.69, 9.17) is 0 Å². The van der Waals surface area contributed by atoms with Crippen molar-refractivity contribution < 1.29 is 0 Å². The second-order valence-electron chi connectivity index (χ2n) is 4.26. The van der Waals surface area contributed by atoms with E-state index in [-0.39, 0.29) is 0 Å². The minimum Gasteiger partial charge on any atom is -0.314 e. The van der Waals surface area contributed by atoms with Crippen LogP contribution in [0.15, 0.2) is 24.3 Å². The van der Waals surface area contributed by atoms with E-state index in [0.717, 1.165) is 0 Å². The van der Waals surface area contributed by atoms with Crippen LogP contribution in [-0.4, -0.2) is 12.6 Å². The first-order valence-electron chi connectivity index (χ1n) is 4.99. The number of nitrogens with one attached hydrogen (secondary N) is 1. The number of likely N-dealkylation sites (N-methyl/N-ethyl adjacent to an activating group) is 1. The van der Waals surface area contributed by atoms with E-state index in [9.17, 15) is 0 Å². The van der Waals surface area contributed by atoms with E-state index in [0.29, 0.717) is 5.54 Å². The average Bonchev–Trinajstić information content (AvgIpc) is 2.18. The van der Waals surface area contributed by atoms with Crippen molar-refractivity contribution in [2.75, 3.05) is 7.05 Å². The maximum Gasteiger partial charge on any atom is 0.0193 e. The Kier molecular flexibility index (Phi) is 2.12. The van der Waals surface area contributed by atoms with Gasteiger partial charge in [0.1, 0.15) is 0 Å². The molecular formula is C12H17N. The standard InChI is InChI=1S/C12H17N/c1-12(13-2)8-7-10-5-3-4-6-11(10)9-12/h3-6,13H,7-9H2,1-2H3. The molecule has 1 aliphatic rings. The second-order valence-corrected chi connectivity index (χ2v) is 4.26. The van der Waals surface area contributed by atoms with Crippen LogP contribution in [0.4, 0.5) is 0 Å². The molecule has 1 nitrogen and oxygen atoms in total. The van der Waals surface area contributed by atoms with E-state index in [1.807, 2.05) is 0 Å². The summed E-state index contributed by atoms with van der Waals surface area (Å²) >= 11 is 0. The Balaban J connectivity index is 2.29. The largest absolute Gasteiger partial charge is 0.314 e. The van der Waals surface area contributed by atoms with Gasteiger partial charge in [0.2, 0.25) is 0 Å². The number of hydrogen-bond donors (Lipinski definition) is 1. The Hall–Kier alpha value is -0.820. The van der Waals surface area contributed by atoms with Crippen molar-refractivity contribution in [1.29, 1.82) is 0 Å². The van der Waals surface area contributed by atoms with E-state index < -0.39 is 0 Å². The smallest absolute Gasteiger partial charge is 0.0193 e. The SMILES string of the molecule is CNC1(C)CCc2ccccc2C1. The van der Waals surface area contributed by atoms with Gasteiger partial charge in [0.25, 0.3) is 0 Å². The molecule has 70 valence electrons. The van der Waals surface area contributed by atoms with E-state index in [1.54, 1.807) is 0 Å². The summed E-state index contributed by atoms with van der Waals surface area (Å²) in [5.41, 5.74) is 3.37. The highest BCUT2D eigenvalue weighted by molar-refractivity contribution is 5.31. The molecule has 0 heterocycles. The van der Waals surface area contributed by atoms with Crippen molar-refractivity contribution in [1.82, 2.24) is 5.32 Å². The molecule has 0 aromatic heterocycles. The van der Waals surface area contributed by atoms with E-state index in [2.05, 4.69) is 43.6 Å². The normalized spacial score (nSPS) is 26.9. The molecule has 0 aliphatic heterocycles. The zero-order valence-electron chi connectivity index (χ0n) is 8.43. The minimum atomic E-state index is 0.314. The fourth-order valence-corrected chi connectivity index (χ4v) is 2.11. The predicted molar refractivity (Wildman–Crippen MR) is 55.9 cm³/mol. The van der Waals surface area contributed by atoms with Crippen LogP contribution in [0.5, 0.6) is 0 Å². The van der Waals surface area contributed by atoms with Crippen LogP contribution in [0.2, 0.25) is 0 Å². The first-order valence-corrected chi connectivity index (χ1v) is 4.99. The number of benzene rings is 1. The summed E-state index contributed by atoms with van der Waals surface area (Å²) in [4.78, 5) is 0. The monoisotopic (exact) mass is 175 g/mol. The third-order valence-electron chi connectivity index (χ3n) is 3.25. The van der Waals surface area contributed by atoms with Gasteiger partial charge >= 0.3 is 0 Å². The van der Waals surface area contributed by atoms with Gasteiger partial charge < -0.3 is 5.32 Å². The van der Waals surface area contributed by atoms with Crippen LogP contribution < -0.4 is 5.32 Å². The topological polar surface area (TPSA) is 12.0 Å². The molecule has 0 radical (unpaired) electrons. The number of rotatable bonds is 1. The van der Waals surface area contributed by atoms with E-state index in [1.165, 1.54) is 30.4 Å². The number of hydrogen-bond acceptors (Lipinski definition) is 1. The van der Waals surface area contributed by atoms with Gasteiger partial charge in [-0.1, -0.05) is 24.3 Å². The van der Waals surface area contributed by atoms with Gasteiger partial charge in [-0.2, -0.15) is 0 Å². The Morgan fingerprint density at radius 2 is 1.92 bits per heavy atom. The first kappa shape index (κ1) is 8.76. The summed E-state index contributed by atoms with van der Waals surface area (Å²) < 4.78 is 0. The average molecular weight is 175 g/mol. The Labute approximate surface area is 80.2 Å². The highest BCUT2D eigenvalue weighted by Gasteiger charge is 2.27. The Bertz CT molecular complexity index is 306. The van der Waals surface area contributed by atoms with Crippen molar-refractivity contribution in [2.45, 2.75) is 31.7 Å². The van der Waals surface area contributed by atoms with Crippen molar-refractivity contribution in [2.24, 2.45) is 0 Å². The van der Waals surface area contributed by atoms with Crippen LogP contribution in [0.3, 0.4) is 0 Å². The first-order chi connectivity index (χ1) is 6.23. The summed E-state index contributed by atoms with van der Waals surface area (Å²) in [6, 6.07) is 8.79. The lowest BCUT2D eigenvalue weighted by Crippen LogP contribution is -2.44. The fraction of sp³-hybridized carbons (Fsp3) is 0.500. The summed E-state index contributed by atoms with van der Waals surface area (Å²) in [5.74, 6) is 0. The third-order valence-corrected chi connectivity index (χ3v) is 3.25. The molecule has 1 unspecified atom stereocenters. The summed E-state index contributed by atoms with van der Waals surface area (Å²) in [6.07, 6.45) is 3.63. The number of fused-ring (bicyclic) bond motifs is 1. The zero-order valence-corrected chi connectivity index (χ0v) is 8.43. The summed E-state index contributed by atoms with van der Waals surface area (Å²) in [7, 11) is 2.06. The molecule has 1 aromatic carbocycles. The van der Waals surface area contributed by atoms with Gasteiger partial charge in [0.15, 0.2) is 0 Å². The van der Waals surface area contributed by atoms with Gasteiger partial charge in [0, 0.05) is 5.54 Å². The van der Waals surface area contributed by atoms with Crippen molar-refractivity contribution in [3.8, 4) is 0 Å². The fourth-order valence-electron chi connectivity index (χ4n) is 2.11. The van der Waals surface area contributed by atoms with Crippen LogP contribution in [0.25, 0.3) is 0 Å². The van der Waals surface area contributed by atoms with Crippen LogP contribution in [0.1, 0.15) is 24.5 Å².